The molecule has 10 heteroatoms. The number of nitrogens with one attached hydrogen (secondary N) is 1. The van der Waals surface area contributed by atoms with E-state index in [2.05, 4.69) is 24.1 Å². The lowest BCUT2D eigenvalue weighted by molar-refractivity contribution is -0.123. The van der Waals surface area contributed by atoms with Gasteiger partial charge in [-0.1, -0.05) is 37.6 Å². The topological polar surface area (TPSA) is 96.0 Å². The zero-order valence-corrected chi connectivity index (χ0v) is 21.7. The zero-order valence-electron chi connectivity index (χ0n) is 20.2. The highest BCUT2D eigenvalue weighted by Crippen LogP contribution is 2.32. The first-order valence-corrected chi connectivity index (χ1v) is 12.8. The molecule has 3 amide bonds. The molecule has 2 aromatic rings. The summed E-state index contributed by atoms with van der Waals surface area (Å²) in [6.45, 7) is 6.83. The number of imide groups is 1. The highest BCUT2D eigenvalue weighted by Gasteiger charge is 2.35. The summed E-state index contributed by atoms with van der Waals surface area (Å²) >= 11 is 6.71. The summed E-state index contributed by atoms with van der Waals surface area (Å²) in [6, 6.07) is 13.3. The second-order valence-corrected chi connectivity index (χ2v) is 9.35. The molecule has 0 bridgehead atoms. The number of benzene rings is 2. The summed E-state index contributed by atoms with van der Waals surface area (Å²) in [5, 5.41) is 2.87. The van der Waals surface area contributed by atoms with Gasteiger partial charge in [0.1, 0.15) is 6.61 Å². The van der Waals surface area contributed by atoms with Crippen LogP contribution in [0.2, 0.25) is 5.02 Å². The quantitative estimate of drug-likeness (QED) is 0.326. The number of carbonyl (C=O) groups is 4. The fourth-order valence-corrected chi connectivity index (χ4v) is 4.41. The molecule has 1 fully saturated rings. The van der Waals surface area contributed by atoms with Gasteiger partial charge in [-0.2, -0.15) is 0 Å². The monoisotopic (exact) mass is 529 g/mol. The first-order chi connectivity index (χ1) is 17.3. The molecular weight excluding hydrogens is 502 g/mol. The van der Waals surface area contributed by atoms with Gasteiger partial charge < -0.3 is 15.0 Å². The Morgan fingerprint density at radius 3 is 2.36 bits per heavy atom. The molecule has 0 saturated carbocycles. The number of nitrogens with zero attached hydrogens (tertiary/aromatic N) is 2. The lowest BCUT2D eigenvalue weighted by Gasteiger charge is -2.17. The van der Waals surface area contributed by atoms with E-state index >= 15 is 0 Å². The van der Waals surface area contributed by atoms with E-state index in [1.165, 1.54) is 0 Å². The van der Waals surface area contributed by atoms with Gasteiger partial charge in [-0.15, -0.1) is 0 Å². The van der Waals surface area contributed by atoms with Crippen LogP contribution in [0.15, 0.2) is 53.4 Å². The van der Waals surface area contributed by atoms with Crippen molar-refractivity contribution in [3.05, 3.63) is 69.6 Å². The fraction of sp³-hybridized carbons (Fsp3) is 0.308. The molecule has 3 rings (SSSR count). The molecule has 36 heavy (non-hydrogen) atoms. The summed E-state index contributed by atoms with van der Waals surface area (Å²) in [5.41, 5.74) is 1.63. The minimum Gasteiger partial charge on any atom is -0.461 e. The molecule has 0 atom stereocenters. The van der Waals surface area contributed by atoms with Gasteiger partial charge in [-0.3, -0.25) is 19.3 Å². The molecule has 1 aliphatic rings. The standard InChI is InChI=1S/C26H28ClN3O5S/c1-3-29(4-2)15-16-35-25(33)19-7-11-21(12-8-19)28-23(31)13-14-30-24(32)22(36-26(30)34)17-18-5-9-20(27)10-6-18/h5-12,17H,3-4,13-16H2,1-2H3,(H,28,31)/b22-17-. The van der Waals surface area contributed by atoms with Gasteiger partial charge in [-0.05, 0) is 72.9 Å². The number of ether oxygens (including phenoxy) is 1. The Hall–Kier alpha value is -3.14. The molecule has 190 valence electrons. The van der Waals surface area contributed by atoms with Crippen LogP contribution in [0.5, 0.6) is 0 Å². The maximum Gasteiger partial charge on any atom is 0.338 e. The van der Waals surface area contributed by atoms with Crippen LogP contribution < -0.4 is 5.32 Å². The van der Waals surface area contributed by atoms with Crippen LogP contribution in [0, 0.1) is 0 Å². The third kappa shape index (κ3) is 7.68. The van der Waals surface area contributed by atoms with Crippen LogP contribution in [0.3, 0.4) is 0 Å². The van der Waals surface area contributed by atoms with Gasteiger partial charge in [0.25, 0.3) is 11.1 Å². The number of hydrogen-bond acceptors (Lipinski definition) is 7. The number of esters is 1. The third-order valence-electron chi connectivity index (χ3n) is 5.54. The smallest absolute Gasteiger partial charge is 0.338 e. The van der Waals surface area contributed by atoms with Gasteiger partial charge in [-0.25, -0.2) is 4.79 Å². The second kappa shape index (κ2) is 13.2. The third-order valence-corrected chi connectivity index (χ3v) is 6.70. The normalized spacial score (nSPS) is 14.6. The largest absolute Gasteiger partial charge is 0.461 e. The summed E-state index contributed by atoms with van der Waals surface area (Å²) in [6.07, 6.45) is 1.57. The number of anilines is 1. The molecule has 1 heterocycles. The van der Waals surface area contributed by atoms with Gasteiger partial charge in [0, 0.05) is 30.2 Å². The van der Waals surface area contributed by atoms with Gasteiger partial charge in [0.15, 0.2) is 0 Å². The molecule has 0 radical (unpaired) electrons. The van der Waals surface area contributed by atoms with Crippen LogP contribution in [0.1, 0.15) is 36.2 Å². The maximum atomic E-state index is 12.6. The average molecular weight is 530 g/mol. The number of hydrogen-bond donors (Lipinski definition) is 1. The second-order valence-electron chi connectivity index (χ2n) is 7.92. The molecule has 0 aliphatic carbocycles. The molecule has 0 unspecified atom stereocenters. The van der Waals surface area contributed by atoms with E-state index < -0.39 is 17.1 Å². The van der Waals surface area contributed by atoms with Crippen molar-refractivity contribution in [3.8, 4) is 0 Å². The Morgan fingerprint density at radius 1 is 1.06 bits per heavy atom. The number of carbonyl (C=O) groups excluding carboxylic acids is 4. The molecule has 1 N–H and O–H groups in total. The summed E-state index contributed by atoms with van der Waals surface area (Å²) < 4.78 is 5.30. The number of rotatable bonds is 11. The molecular formula is C26H28ClN3O5S. The van der Waals surface area contributed by atoms with Crippen LogP contribution in [0.25, 0.3) is 6.08 Å². The predicted octanol–water partition coefficient (Wildman–Crippen LogP) is 4.90. The Kier molecular flexibility index (Phi) is 10.1. The minimum atomic E-state index is -0.434. The average Bonchev–Trinajstić information content (AvgIpc) is 3.14. The zero-order chi connectivity index (χ0) is 26.1. The lowest BCUT2D eigenvalue weighted by Crippen LogP contribution is -2.31. The van der Waals surface area contributed by atoms with Crippen molar-refractivity contribution in [2.24, 2.45) is 0 Å². The summed E-state index contributed by atoms with van der Waals surface area (Å²) in [7, 11) is 0. The first-order valence-electron chi connectivity index (χ1n) is 11.6. The Bertz CT molecular complexity index is 1130. The SMILES string of the molecule is CCN(CC)CCOC(=O)c1ccc(NC(=O)CCN2C(=O)S/C(=C\c3ccc(Cl)cc3)C2=O)cc1. The summed E-state index contributed by atoms with van der Waals surface area (Å²) in [5.74, 6) is -1.21. The minimum absolute atomic E-state index is 0.0363. The van der Waals surface area contributed by atoms with Crippen molar-refractivity contribution >= 4 is 58.1 Å². The molecule has 0 aromatic heterocycles. The number of halogens is 1. The van der Waals surface area contributed by atoms with Crippen molar-refractivity contribution < 1.29 is 23.9 Å². The molecule has 1 saturated heterocycles. The van der Waals surface area contributed by atoms with Crippen molar-refractivity contribution in [1.29, 1.82) is 0 Å². The van der Waals surface area contributed by atoms with Gasteiger partial charge in [0.2, 0.25) is 5.91 Å². The molecule has 1 aliphatic heterocycles. The first kappa shape index (κ1) is 27.4. The maximum absolute atomic E-state index is 12.6. The number of likely N-dealkylation sites (N-methyl/N-ethyl adjacent to an activating group) is 1. The van der Waals surface area contributed by atoms with E-state index in [0.717, 1.165) is 35.3 Å². The highest BCUT2D eigenvalue weighted by atomic mass is 35.5. The Labute approximate surface area is 219 Å². The van der Waals surface area contributed by atoms with E-state index in [1.807, 2.05) is 0 Å². The van der Waals surface area contributed by atoms with Crippen molar-refractivity contribution in [2.45, 2.75) is 20.3 Å². The van der Waals surface area contributed by atoms with Crippen molar-refractivity contribution in [3.63, 3.8) is 0 Å². The summed E-state index contributed by atoms with van der Waals surface area (Å²) in [4.78, 5) is 53.0. The van der Waals surface area contributed by atoms with E-state index in [0.29, 0.717) is 34.3 Å². The Morgan fingerprint density at radius 2 is 1.72 bits per heavy atom. The Balaban J connectivity index is 1.47. The molecule has 2 aromatic carbocycles. The molecule has 8 nitrogen and oxygen atoms in total. The van der Waals surface area contributed by atoms with Crippen LogP contribution in [-0.2, 0) is 14.3 Å². The molecule has 0 spiro atoms. The van der Waals surface area contributed by atoms with E-state index in [9.17, 15) is 19.2 Å². The van der Waals surface area contributed by atoms with Crippen molar-refractivity contribution in [2.75, 3.05) is 38.1 Å². The van der Waals surface area contributed by atoms with Crippen molar-refractivity contribution in [1.82, 2.24) is 9.80 Å². The lowest BCUT2D eigenvalue weighted by atomic mass is 10.2. The van der Waals surface area contributed by atoms with E-state index in [-0.39, 0.29) is 18.9 Å². The van der Waals surface area contributed by atoms with E-state index in [4.69, 9.17) is 16.3 Å². The van der Waals surface area contributed by atoms with Gasteiger partial charge in [0.05, 0.1) is 10.5 Å². The number of amides is 3. The van der Waals surface area contributed by atoms with Gasteiger partial charge >= 0.3 is 5.97 Å². The number of thioether (sulfide) groups is 1. The van der Waals surface area contributed by atoms with Crippen LogP contribution >= 0.6 is 23.4 Å². The predicted molar refractivity (Wildman–Crippen MR) is 142 cm³/mol. The van der Waals surface area contributed by atoms with Crippen LogP contribution in [0.4, 0.5) is 10.5 Å². The van der Waals surface area contributed by atoms with Crippen LogP contribution in [-0.4, -0.2) is 65.6 Å². The van der Waals surface area contributed by atoms with E-state index in [1.54, 1.807) is 54.6 Å². The highest BCUT2D eigenvalue weighted by molar-refractivity contribution is 8.18. The fourth-order valence-electron chi connectivity index (χ4n) is 3.42.